The number of ether oxygens (including phenoxy) is 2. The predicted octanol–water partition coefficient (Wildman–Crippen LogP) is 5.33. The number of rotatable bonds is 9. The third kappa shape index (κ3) is 5.17. The first-order valence-corrected chi connectivity index (χ1v) is 12.5. The van der Waals surface area contributed by atoms with E-state index in [4.69, 9.17) is 9.47 Å². The number of carbonyl (C=O) groups excluding carboxylic acids is 1. The van der Waals surface area contributed by atoms with Crippen LogP contribution in [0.5, 0.6) is 11.5 Å². The molecular weight excluding hydrogens is 438 g/mol. The summed E-state index contributed by atoms with van der Waals surface area (Å²) in [5, 5.41) is 3.68. The average Bonchev–Trinajstić information content (AvgIpc) is 3.57. The van der Waals surface area contributed by atoms with Crippen molar-refractivity contribution >= 4 is 11.6 Å². The zero-order valence-electron chi connectivity index (χ0n) is 20.4. The summed E-state index contributed by atoms with van der Waals surface area (Å²) in [4.78, 5) is 20.6. The molecule has 1 N–H and O–H groups in total. The first-order valence-electron chi connectivity index (χ1n) is 12.5. The predicted molar refractivity (Wildman–Crippen MR) is 138 cm³/mol. The van der Waals surface area contributed by atoms with Gasteiger partial charge in [-0.15, -0.1) is 0 Å². The number of hydrogen-bond acceptors (Lipinski definition) is 5. The van der Waals surface area contributed by atoms with E-state index in [1.807, 2.05) is 41.4 Å². The van der Waals surface area contributed by atoms with E-state index >= 15 is 0 Å². The maximum Gasteiger partial charge on any atom is 0.258 e. The fourth-order valence-corrected chi connectivity index (χ4v) is 5.12. The third-order valence-corrected chi connectivity index (χ3v) is 7.13. The summed E-state index contributed by atoms with van der Waals surface area (Å²) in [7, 11) is 3.20. The Balaban J connectivity index is 1.58. The minimum absolute atomic E-state index is 0.0198. The topological polar surface area (TPSA) is 63.7 Å². The van der Waals surface area contributed by atoms with E-state index < -0.39 is 0 Å². The van der Waals surface area contributed by atoms with Gasteiger partial charge in [-0.05, 0) is 73.7 Å². The van der Waals surface area contributed by atoms with Crippen LogP contribution in [0, 0.1) is 5.92 Å². The SMILES string of the molecule is COc1ccc(C(=O)N(c2cccc(-c3cccnc3)c2)C(CC2CC2)C2CCCN2)cc1OC. The Morgan fingerprint density at radius 2 is 1.86 bits per heavy atom. The van der Waals surface area contributed by atoms with Crippen LogP contribution >= 0.6 is 0 Å². The third-order valence-electron chi connectivity index (χ3n) is 7.13. The molecule has 0 spiro atoms. The fourth-order valence-electron chi connectivity index (χ4n) is 5.12. The van der Waals surface area contributed by atoms with Gasteiger partial charge in [0, 0.05) is 35.2 Å². The van der Waals surface area contributed by atoms with E-state index in [1.54, 1.807) is 32.5 Å². The number of carbonyl (C=O) groups is 1. The Labute approximate surface area is 207 Å². The molecule has 1 saturated heterocycles. The average molecular weight is 472 g/mol. The van der Waals surface area contributed by atoms with Gasteiger partial charge in [-0.2, -0.15) is 0 Å². The molecule has 5 rings (SSSR count). The Bertz CT molecular complexity index is 1160. The van der Waals surface area contributed by atoms with E-state index in [1.165, 1.54) is 12.8 Å². The van der Waals surface area contributed by atoms with Gasteiger partial charge in [-0.3, -0.25) is 9.78 Å². The highest BCUT2D eigenvalue weighted by Gasteiger charge is 2.38. The lowest BCUT2D eigenvalue weighted by Gasteiger charge is -2.36. The minimum Gasteiger partial charge on any atom is -0.493 e. The van der Waals surface area contributed by atoms with Crippen LogP contribution in [0.3, 0.4) is 0 Å². The molecule has 35 heavy (non-hydrogen) atoms. The maximum atomic E-state index is 14.3. The summed E-state index contributed by atoms with van der Waals surface area (Å²) < 4.78 is 10.9. The van der Waals surface area contributed by atoms with Crippen molar-refractivity contribution < 1.29 is 14.3 Å². The molecule has 1 amide bonds. The van der Waals surface area contributed by atoms with E-state index in [0.29, 0.717) is 23.0 Å². The van der Waals surface area contributed by atoms with Gasteiger partial charge in [0.1, 0.15) is 0 Å². The van der Waals surface area contributed by atoms with Gasteiger partial charge in [0.15, 0.2) is 11.5 Å². The zero-order valence-corrected chi connectivity index (χ0v) is 20.4. The molecule has 1 aliphatic carbocycles. The zero-order chi connectivity index (χ0) is 24.2. The van der Waals surface area contributed by atoms with E-state index in [9.17, 15) is 4.79 Å². The van der Waals surface area contributed by atoms with Crippen molar-refractivity contribution in [1.29, 1.82) is 0 Å². The summed E-state index contributed by atoms with van der Waals surface area (Å²) in [6, 6.07) is 18.0. The number of nitrogens with one attached hydrogen (secondary N) is 1. The van der Waals surface area contributed by atoms with Gasteiger partial charge in [0.25, 0.3) is 5.91 Å². The van der Waals surface area contributed by atoms with Gasteiger partial charge < -0.3 is 19.7 Å². The van der Waals surface area contributed by atoms with Crippen molar-refractivity contribution in [3.8, 4) is 22.6 Å². The Morgan fingerprint density at radius 1 is 1.03 bits per heavy atom. The molecule has 182 valence electrons. The first-order chi connectivity index (χ1) is 17.2. The summed E-state index contributed by atoms with van der Waals surface area (Å²) in [6.07, 6.45) is 9.36. The molecule has 1 aromatic heterocycles. The van der Waals surface area contributed by atoms with Gasteiger partial charge in [0.2, 0.25) is 0 Å². The van der Waals surface area contributed by atoms with E-state index in [0.717, 1.165) is 42.6 Å². The second-order valence-electron chi connectivity index (χ2n) is 9.49. The van der Waals surface area contributed by atoms with Crippen molar-refractivity contribution in [3.05, 3.63) is 72.6 Å². The van der Waals surface area contributed by atoms with Gasteiger partial charge in [-0.25, -0.2) is 0 Å². The number of nitrogens with zero attached hydrogens (tertiary/aromatic N) is 2. The molecule has 2 heterocycles. The lowest BCUT2D eigenvalue weighted by Crippen LogP contribution is -2.51. The molecule has 6 nitrogen and oxygen atoms in total. The molecule has 2 fully saturated rings. The van der Waals surface area contributed by atoms with Crippen molar-refractivity contribution in [2.24, 2.45) is 5.92 Å². The van der Waals surface area contributed by atoms with Crippen LogP contribution in [-0.2, 0) is 0 Å². The molecule has 2 atom stereocenters. The summed E-state index contributed by atoms with van der Waals surface area (Å²) in [6.45, 7) is 1.000. The van der Waals surface area contributed by atoms with Crippen molar-refractivity contribution in [1.82, 2.24) is 10.3 Å². The quantitative estimate of drug-likeness (QED) is 0.457. The molecule has 1 saturated carbocycles. The van der Waals surface area contributed by atoms with Gasteiger partial charge in [-0.1, -0.05) is 31.0 Å². The maximum absolute atomic E-state index is 14.3. The normalized spacial score (nSPS) is 18.2. The number of pyridine rings is 1. The van der Waals surface area contributed by atoms with Crippen LogP contribution in [0.15, 0.2) is 67.0 Å². The molecular formula is C29H33N3O3. The van der Waals surface area contributed by atoms with E-state index in [-0.39, 0.29) is 18.0 Å². The van der Waals surface area contributed by atoms with Crippen LogP contribution in [-0.4, -0.2) is 43.7 Å². The molecule has 0 radical (unpaired) electrons. The van der Waals surface area contributed by atoms with E-state index in [2.05, 4.69) is 22.4 Å². The van der Waals surface area contributed by atoms with Crippen molar-refractivity contribution in [2.75, 3.05) is 25.7 Å². The smallest absolute Gasteiger partial charge is 0.258 e. The number of anilines is 1. The van der Waals surface area contributed by atoms with Crippen LogP contribution < -0.4 is 19.7 Å². The Kier molecular flexibility index (Phi) is 7.00. The van der Waals surface area contributed by atoms with Gasteiger partial charge >= 0.3 is 0 Å². The Morgan fingerprint density at radius 3 is 2.54 bits per heavy atom. The summed E-state index contributed by atoms with van der Waals surface area (Å²) >= 11 is 0. The highest BCUT2D eigenvalue weighted by molar-refractivity contribution is 6.07. The first kappa shape index (κ1) is 23.4. The largest absolute Gasteiger partial charge is 0.493 e. The van der Waals surface area contributed by atoms with Gasteiger partial charge in [0.05, 0.1) is 20.3 Å². The standard InChI is InChI=1S/C29H33N3O3/c1-34-27-13-12-22(18-28(27)35-2)29(33)32(26(16-20-10-11-20)25-9-5-15-31-25)24-8-3-6-21(17-24)23-7-4-14-30-19-23/h3-4,6-8,12-14,17-20,25-26,31H,5,9-11,15-16H2,1-2H3. The highest BCUT2D eigenvalue weighted by atomic mass is 16.5. The number of hydrogen-bond donors (Lipinski definition) is 1. The van der Waals surface area contributed by atoms with Crippen molar-refractivity contribution in [3.63, 3.8) is 0 Å². The molecule has 2 aliphatic rings. The second kappa shape index (κ2) is 10.5. The number of amides is 1. The van der Waals surface area contributed by atoms with Crippen LogP contribution in [0.2, 0.25) is 0 Å². The molecule has 2 aromatic carbocycles. The Hall–Kier alpha value is -3.38. The van der Waals surface area contributed by atoms with Crippen molar-refractivity contribution in [2.45, 2.75) is 44.2 Å². The molecule has 1 aliphatic heterocycles. The molecule has 3 aromatic rings. The number of benzene rings is 2. The minimum atomic E-state index is -0.0198. The monoisotopic (exact) mass is 471 g/mol. The summed E-state index contributed by atoms with van der Waals surface area (Å²) in [5.41, 5.74) is 3.58. The van der Waals surface area contributed by atoms with Crippen LogP contribution in [0.4, 0.5) is 5.69 Å². The number of aromatic nitrogens is 1. The van der Waals surface area contributed by atoms with Crippen LogP contribution in [0.25, 0.3) is 11.1 Å². The highest BCUT2D eigenvalue weighted by Crippen LogP contribution is 2.39. The summed E-state index contributed by atoms with van der Waals surface area (Å²) in [5.74, 6) is 1.83. The molecule has 6 heteroatoms. The second-order valence-corrected chi connectivity index (χ2v) is 9.49. The number of methoxy groups -OCH3 is 2. The lowest BCUT2D eigenvalue weighted by atomic mass is 9.96. The molecule has 0 bridgehead atoms. The molecule has 2 unspecified atom stereocenters. The fraction of sp³-hybridized carbons (Fsp3) is 0.379. The lowest BCUT2D eigenvalue weighted by molar-refractivity contribution is 0.0968. The van der Waals surface area contributed by atoms with Crippen LogP contribution in [0.1, 0.15) is 42.5 Å².